The van der Waals surface area contributed by atoms with Gasteiger partial charge < -0.3 is 4.74 Å². The summed E-state index contributed by atoms with van der Waals surface area (Å²) >= 11 is 0. The summed E-state index contributed by atoms with van der Waals surface area (Å²) in [5, 5.41) is 0. The molecule has 0 heterocycles. The van der Waals surface area contributed by atoms with Crippen LogP contribution in [-0.4, -0.2) is 24.2 Å². The van der Waals surface area contributed by atoms with Gasteiger partial charge in [0.1, 0.15) is 5.75 Å². The molecular formula is C17H12F6O2. The normalized spacial score (nSPS) is 13.4. The van der Waals surface area contributed by atoms with Crippen LogP contribution in [0.25, 0.3) is 0 Å². The average molecular weight is 362 g/mol. The topological polar surface area (TPSA) is 26.3 Å². The SMILES string of the molecule is O=C(c1ccccc1)c1ccc(OC(F)(F)C(F)CC(F)(F)F)cc1. The molecule has 2 nitrogen and oxygen atoms in total. The van der Waals surface area contributed by atoms with E-state index in [1.165, 1.54) is 0 Å². The molecule has 0 aliphatic carbocycles. The van der Waals surface area contributed by atoms with Gasteiger partial charge in [-0.25, -0.2) is 4.39 Å². The van der Waals surface area contributed by atoms with Gasteiger partial charge in [-0.15, -0.1) is 0 Å². The molecule has 0 radical (unpaired) electrons. The van der Waals surface area contributed by atoms with Crippen LogP contribution in [0.3, 0.4) is 0 Å². The van der Waals surface area contributed by atoms with Crippen molar-refractivity contribution < 1.29 is 35.9 Å². The van der Waals surface area contributed by atoms with Gasteiger partial charge in [-0.1, -0.05) is 30.3 Å². The maximum Gasteiger partial charge on any atom is 0.430 e. The largest absolute Gasteiger partial charge is 0.430 e. The first kappa shape index (κ1) is 18.8. The monoisotopic (exact) mass is 362 g/mol. The lowest BCUT2D eigenvalue weighted by Gasteiger charge is -2.22. The average Bonchev–Trinajstić information content (AvgIpc) is 2.54. The van der Waals surface area contributed by atoms with Gasteiger partial charge in [-0.2, -0.15) is 22.0 Å². The summed E-state index contributed by atoms with van der Waals surface area (Å²) < 4.78 is 80.0. The lowest BCUT2D eigenvalue weighted by atomic mass is 10.0. The predicted molar refractivity (Wildman–Crippen MR) is 77.5 cm³/mol. The molecule has 1 atom stereocenters. The van der Waals surface area contributed by atoms with Crippen LogP contribution >= 0.6 is 0 Å². The molecule has 0 spiro atoms. The van der Waals surface area contributed by atoms with Gasteiger partial charge >= 0.3 is 12.3 Å². The van der Waals surface area contributed by atoms with Crippen LogP contribution in [0, 0.1) is 0 Å². The van der Waals surface area contributed by atoms with Crippen LogP contribution < -0.4 is 4.74 Å². The van der Waals surface area contributed by atoms with E-state index >= 15 is 0 Å². The molecule has 25 heavy (non-hydrogen) atoms. The molecular weight excluding hydrogens is 350 g/mol. The number of carbonyl (C=O) groups is 1. The minimum absolute atomic E-state index is 0.161. The third kappa shape index (κ3) is 5.23. The van der Waals surface area contributed by atoms with Crippen molar-refractivity contribution in [1.82, 2.24) is 0 Å². The Labute approximate surface area is 139 Å². The first-order chi connectivity index (χ1) is 11.6. The summed E-state index contributed by atoms with van der Waals surface area (Å²) in [6, 6.07) is 12.4. The van der Waals surface area contributed by atoms with Gasteiger partial charge in [0.25, 0.3) is 0 Å². The van der Waals surface area contributed by atoms with Crippen molar-refractivity contribution in [2.75, 3.05) is 0 Å². The Kier molecular flexibility index (Phi) is 5.39. The molecule has 0 aliphatic rings. The predicted octanol–water partition coefficient (Wildman–Crippen LogP) is 5.18. The summed E-state index contributed by atoms with van der Waals surface area (Å²) in [7, 11) is 0. The highest BCUT2D eigenvalue weighted by Crippen LogP contribution is 2.34. The van der Waals surface area contributed by atoms with E-state index in [0.717, 1.165) is 24.3 Å². The number of ketones is 1. The molecule has 0 aliphatic heterocycles. The first-order valence-corrected chi connectivity index (χ1v) is 7.06. The van der Waals surface area contributed by atoms with Crippen LogP contribution in [0.2, 0.25) is 0 Å². The van der Waals surface area contributed by atoms with Gasteiger partial charge in [0.2, 0.25) is 6.17 Å². The third-order valence-corrected chi connectivity index (χ3v) is 3.18. The van der Waals surface area contributed by atoms with Crippen LogP contribution in [0.5, 0.6) is 5.75 Å². The van der Waals surface area contributed by atoms with E-state index in [4.69, 9.17) is 0 Å². The zero-order chi connectivity index (χ0) is 18.7. The number of hydrogen-bond donors (Lipinski definition) is 0. The standard InChI is InChI=1S/C17H12F6O2/c18-14(10-16(19,20)21)17(22,23)25-13-8-6-12(7-9-13)15(24)11-4-2-1-3-5-11/h1-9,14H,10H2. The summed E-state index contributed by atoms with van der Waals surface area (Å²) in [4.78, 5) is 12.1. The second-order valence-electron chi connectivity index (χ2n) is 5.17. The number of hydrogen-bond acceptors (Lipinski definition) is 2. The first-order valence-electron chi connectivity index (χ1n) is 7.06. The molecule has 2 aromatic carbocycles. The number of halogens is 6. The molecule has 1 unspecified atom stereocenters. The molecule has 0 saturated heterocycles. The highest BCUT2D eigenvalue weighted by Gasteiger charge is 2.49. The molecule has 8 heteroatoms. The second kappa shape index (κ2) is 7.16. The lowest BCUT2D eigenvalue weighted by molar-refractivity contribution is -0.248. The Morgan fingerprint density at radius 2 is 1.40 bits per heavy atom. The molecule has 0 fully saturated rings. The molecule has 0 saturated carbocycles. The van der Waals surface area contributed by atoms with Crippen molar-refractivity contribution >= 4 is 5.78 Å². The smallest absolute Gasteiger partial charge is 0.430 e. The Balaban J connectivity index is 2.08. The zero-order valence-electron chi connectivity index (χ0n) is 12.6. The molecule has 2 aromatic rings. The molecule has 0 aromatic heterocycles. The van der Waals surface area contributed by atoms with Crippen molar-refractivity contribution in [3.05, 3.63) is 65.7 Å². The van der Waals surface area contributed by atoms with Crippen molar-refractivity contribution in [2.45, 2.75) is 24.9 Å². The molecule has 134 valence electrons. The van der Waals surface area contributed by atoms with Gasteiger partial charge in [0, 0.05) is 11.1 Å². The van der Waals surface area contributed by atoms with Gasteiger partial charge in [-0.05, 0) is 24.3 Å². The molecule has 2 rings (SSSR count). The molecule has 0 bridgehead atoms. The van der Waals surface area contributed by atoms with Crippen molar-refractivity contribution in [2.24, 2.45) is 0 Å². The van der Waals surface area contributed by atoms with Crippen LogP contribution in [0.1, 0.15) is 22.3 Å². The maximum atomic E-state index is 13.4. The van der Waals surface area contributed by atoms with Crippen LogP contribution in [-0.2, 0) is 0 Å². The highest BCUT2D eigenvalue weighted by molar-refractivity contribution is 6.08. The van der Waals surface area contributed by atoms with Gasteiger partial charge in [0.05, 0.1) is 6.42 Å². The molecule has 0 amide bonds. The fourth-order valence-electron chi connectivity index (χ4n) is 1.97. The highest BCUT2D eigenvalue weighted by atomic mass is 19.4. The lowest BCUT2D eigenvalue weighted by Crippen LogP contribution is -2.39. The summed E-state index contributed by atoms with van der Waals surface area (Å²) in [6.45, 7) is 0. The van der Waals surface area contributed by atoms with Crippen LogP contribution in [0.4, 0.5) is 26.3 Å². The van der Waals surface area contributed by atoms with E-state index in [2.05, 4.69) is 4.74 Å². The van der Waals surface area contributed by atoms with Gasteiger partial charge in [-0.3, -0.25) is 4.79 Å². The fourth-order valence-corrected chi connectivity index (χ4v) is 1.97. The van der Waals surface area contributed by atoms with Gasteiger partial charge in [0.15, 0.2) is 5.78 Å². The Morgan fingerprint density at radius 3 is 1.92 bits per heavy atom. The summed E-state index contributed by atoms with van der Waals surface area (Å²) in [6.07, 6.45) is -15.6. The zero-order valence-corrected chi connectivity index (χ0v) is 12.6. The van der Waals surface area contributed by atoms with E-state index in [-0.39, 0.29) is 11.3 Å². The second-order valence-corrected chi connectivity index (χ2v) is 5.17. The number of ether oxygens (including phenoxy) is 1. The minimum Gasteiger partial charge on any atom is -0.430 e. The van der Waals surface area contributed by atoms with Crippen LogP contribution in [0.15, 0.2) is 54.6 Å². The number of rotatable bonds is 6. The number of benzene rings is 2. The van der Waals surface area contributed by atoms with Crippen molar-refractivity contribution in [3.8, 4) is 5.75 Å². The Hall–Kier alpha value is -2.51. The quantitative estimate of drug-likeness (QED) is 0.523. The van der Waals surface area contributed by atoms with E-state index < -0.39 is 30.6 Å². The fraction of sp³-hybridized carbons (Fsp3) is 0.235. The summed E-state index contributed by atoms with van der Waals surface area (Å²) in [5.74, 6) is -0.932. The van der Waals surface area contributed by atoms with E-state index in [1.54, 1.807) is 30.3 Å². The minimum atomic E-state index is -5.09. The van der Waals surface area contributed by atoms with Crippen molar-refractivity contribution in [1.29, 1.82) is 0 Å². The maximum absolute atomic E-state index is 13.4. The third-order valence-electron chi connectivity index (χ3n) is 3.18. The van der Waals surface area contributed by atoms with Crippen molar-refractivity contribution in [3.63, 3.8) is 0 Å². The van der Waals surface area contributed by atoms with E-state index in [1.807, 2.05) is 0 Å². The Morgan fingerprint density at radius 1 is 0.880 bits per heavy atom. The number of alkyl halides is 6. The van der Waals surface area contributed by atoms with E-state index in [0.29, 0.717) is 5.56 Å². The summed E-state index contributed by atoms with van der Waals surface area (Å²) in [5.41, 5.74) is 0.532. The molecule has 0 N–H and O–H groups in total. The number of carbonyl (C=O) groups excluding carboxylic acids is 1. The Bertz CT molecular complexity index is 710. The van der Waals surface area contributed by atoms with E-state index in [9.17, 15) is 31.1 Å².